The molecule has 9 heteroatoms. The Morgan fingerprint density at radius 1 is 1.22 bits per heavy atom. The fraction of sp³-hybridized carbons (Fsp3) is 0.444. The Bertz CT molecular complexity index is 852. The van der Waals surface area contributed by atoms with Gasteiger partial charge in [0.1, 0.15) is 18.0 Å². The number of carbonyl (C=O) groups is 2. The second-order valence-corrected chi connectivity index (χ2v) is 7.04. The summed E-state index contributed by atoms with van der Waals surface area (Å²) in [6, 6.07) is 9.44. The molecular formula is C18H22N6O3. The summed E-state index contributed by atoms with van der Waals surface area (Å²) < 4.78 is 8.21. The Balaban J connectivity index is 1.46. The molecule has 142 valence electrons. The number of aromatic nitrogens is 3. The highest BCUT2D eigenvalue weighted by Gasteiger charge is 2.44. The zero-order chi connectivity index (χ0) is 18.9. The van der Waals surface area contributed by atoms with Crippen LogP contribution in [0.3, 0.4) is 0 Å². The number of benzene rings is 1. The largest absolute Gasteiger partial charge is 0.363 e. The van der Waals surface area contributed by atoms with E-state index in [4.69, 9.17) is 10.5 Å². The summed E-state index contributed by atoms with van der Waals surface area (Å²) in [6.45, 7) is 1.97. The first kappa shape index (κ1) is 17.5. The van der Waals surface area contributed by atoms with E-state index in [9.17, 15) is 9.59 Å². The maximum atomic E-state index is 12.2. The third-order valence-electron chi connectivity index (χ3n) is 5.15. The van der Waals surface area contributed by atoms with Crippen molar-refractivity contribution in [2.24, 2.45) is 5.73 Å². The minimum atomic E-state index is -0.703. The van der Waals surface area contributed by atoms with Crippen LogP contribution in [0.5, 0.6) is 0 Å². The molecule has 2 aliphatic heterocycles. The maximum Gasteiger partial charge on any atom is 0.312 e. The number of likely N-dealkylation sites (tertiary alicyclic amines) is 1. The minimum Gasteiger partial charge on any atom is -0.363 e. The van der Waals surface area contributed by atoms with Crippen molar-refractivity contribution in [1.82, 2.24) is 25.0 Å². The predicted molar refractivity (Wildman–Crippen MR) is 95.6 cm³/mol. The van der Waals surface area contributed by atoms with Crippen molar-refractivity contribution >= 4 is 11.9 Å². The highest BCUT2D eigenvalue weighted by molar-refractivity contribution is 5.83. The minimum absolute atomic E-state index is 0.0947. The molecule has 1 atom stereocenters. The van der Waals surface area contributed by atoms with E-state index >= 15 is 0 Å². The molecule has 1 aromatic carbocycles. The summed E-state index contributed by atoms with van der Waals surface area (Å²) in [6.07, 6.45) is 1.44. The third kappa shape index (κ3) is 3.63. The summed E-state index contributed by atoms with van der Waals surface area (Å²) in [5.74, 6) is 1.55. The SMILES string of the molecule is NC(=O)NCC(=O)N1CCC2(C1)Cn1c(nnc1Cc1ccccc1)CO2. The fourth-order valence-electron chi connectivity index (χ4n) is 3.70. The van der Waals surface area contributed by atoms with Crippen LogP contribution in [0, 0.1) is 0 Å². The lowest BCUT2D eigenvalue weighted by Gasteiger charge is -2.34. The van der Waals surface area contributed by atoms with Crippen molar-refractivity contribution in [2.45, 2.75) is 31.6 Å². The molecule has 9 nitrogen and oxygen atoms in total. The van der Waals surface area contributed by atoms with E-state index < -0.39 is 11.6 Å². The molecule has 0 bridgehead atoms. The van der Waals surface area contributed by atoms with E-state index in [0.29, 0.717) is 32.7 Å². The molecule has 4 rings (SSSR count). The molecule has 0 aliphatic carbocycles. The average molecular weight is 370 g/mol. The number of amides is 3. The van der Waals surface area contributed by atoms with Gasteiger partial charge < -0.3 is 25.3 Å². The van der Waals surface area contributed by atoms with E-state index in [1.54, 1.807) is 4.90 Å². The standard InChI is InChI=1S/C18H22N6O3/c19-17(26)20-9-16(25)23-7-6-18(11-23)12-24-14(21-22-15(24)10-27-18)8-13-4-2-1-3-5-13/h1-5H,6-12H2,(H3,19,20,26). The number of fused-ring (bicyclic) bond motifs is 1. The number of rotatable bonds is 4. The lowest BCUT2D eigenvalue weighted by Crippen LogP contribution is -2.47. The van der Waals surface area contributed by atoms with Gasteiger partial charge in [-0.1, -0.05) is 30.3 Å². The van der Waals surface area contributed by atoms with Crippen LogP contribution in [-0.4, -0.2) is 56.8 Å². The smallest absolute Gasteiger partial charge is 0.312 e. The van der Waals surface area contributed by atoms with E-state index in [1.807, 2.05) is 18.2 Å². The molecule has 1 fully saturated rings. The normalized spacial score (nSPS) is 21.3. The number of nitrogens with two attached hydrogens (primary N) is 1. The van der Waals surface area contributed by atoms with Gasteiger partial charge in [0, 0.05) is 13.0 Å². The zero-order valence-corrected chi connectivity index (χ0v) is 14.9. The molecule has 3 N–H and O–H groups in total. The Labute approximate surface area is 156 Å². The molecule has 3 amide bonds. The second-order valence-electron chi connectivity index (χ2n) is 7.04. The third-order valence-corrected chi connectivity index (χ3v) is 5.15. The van der Waals surface area contributed by atoms with Crippen molar-refractivity contribution in [3.63, 3.8) is 0 Å². The van der Waals surface area contributed by atoms with Gasteiger partial charge in [-0.15, -0.1) is 10.2 Å². The molecule has 1 unspecified atom stereocenters. The number of hydrogen-bond donors (Lipinski definition) is 2. The Morgan fingerprint density at radius 2 is 2.04 bits per heavy atom. The van der Waals surface area contributed by atoms with Gasteiger partial charge in [-0.05, 0) is 12.0 Å². The molecule has 2 aliphatic rings. The van der Waals surface area contributed by atoms with Crippen LogP contribution >= 0.6 is 0 Å². The number of nitrogens with one attached hydrogen (secondary N) is 1. The number of hydrogen-bond acceptors (Lipinski definition) is 5. The zero-order valence-electron chi connectivity index (χ0n) is 14.9. The molecular weight excluding hydrogens is 348 g/mol. The Kier molecular flexibility index (Phi) is 4.53. The van der Waals surface area contributed by atoms with Gasteiger partial charge in [0.05, 0.1) is 19.6 Å². The van der Waals surface area contributed by atoms with E-state index in [-0.39, 0.29) is 12.5 Å². The van der Waals surface area contributed by atoms with Crippen molar-refractivity contribution in [3.8, 4) is 0 Å². The molecule has 27 heavy (non-hydrogen) atoms. The first-order chi connectivity index (χ1) is 13.0. The highest BCUT2D eigenvalue weighted by Crippen LogP contribution is 2.32. The van der Waals surface area contributed by atoms with Crippen molar-refractivity contribution in [3.05, 3.63) is 47.5 Å². The Morgan fingerprint density at radius 3 is 2.81 bits per heavy atom. The van der Waals surface area contributed by atoms with Gasteiger partial charge in [-0.25, -0.2) is 4.79 Å². The van der Waals surface area contributed by atoms with Gasteiger partial charge in [-0.3, -0.25) is 4.79 Å². The summed E-state index contributed by atoms with van der Waals surface area (Å²) in [4.78, 5) is 24.8. The van der Waals surface area contributed by atoms with Crippen LogP contribution < -0.4 is 11.1 Å². The van der Waals surface area contributed by atoms with Gasteiger partial charge >= 0.3 is 6.03 Å². The summed E-state index contributed by atoms with van der Waals surface area (Å²) in [5, 5.41) is 10.9. The number of ether oxygens (including phenoxy) is 1. The second kappa shape index (κ2) is 6.99. The lowest BCUT2D eigenvalue weighted by atomic mass is 10.0. The summed E-state index contributed by atoms with van der Waals surface area (Å²) in [5.41, 5.74) is 5.77. The molecule has 0 saturated carbocycles. The van der Waals surface area contributed by atoms with E-state index in [0.717, 1.165) is 18.1 Å². The monoisotopic (exact) mass is 370 g/mol. The quantitative estimate of drug-likeness (QED) is 0.788. The number of nitrogens with zero attached hydrogens (tertiary/aromatic N) is 4. The van der Waals surface area contributed by atoms with Crippen LogP contribution in [0.25, 0.3) is 0 Å². The number of urea groups is 1. The van der Waals surface area contributed by atoms with Gasteiger partial charge in [0.15, 0.2) is 5.82 Å². The van der Waals surface area contributed by atoms with E-state index in [2.05, 4.69) is 32.2 Å². The summed E-state index contributed by atoms with van der Waals surface area (Å²) >= 11 is 0. The van der Waals surface area contributed by atoms with Gasteiger partial charge in [-0.2, -0.15) is 0 Å². The topological polar surface area (TPSA) is 115 Å². The van der Waals surface area contributed by atoms with Crippen LogP contribution in [0.15, 0.2) is 30.3 Å². The first-order valence-corrected chi connectivity index (χ1v) is 8.95. The van der Waals surface area contributed by atoms with E-state index in [1.165, 1.54) is 5.56 Å². The Hall–Kier alpha value is -2.94. The van der Waals surface area contributed by atoms with Crippen molar-refractivity contribution in [1.29, 1.82) is 0 Å². The molecule has 2 aromatic rings. The molecule has 1 aromatic heterocycles. The molecule has 1 spiro atoms. The summed E-state index contributed by atoms with van der Waals surface area (Å²) in [7, 11) is 0. The number of primary amides is 1. The van der Waals surface area contributed by atoms with Crippen LogP contribution in [0.4, 0.5) is 4.79 Å². The maximum absolute atomic E-state index is 12.2. The molecule has 0 radical (unpaired) electrons. The molecule has 1 saturated heterocycles. The van der Waals surface area contributed by atoms with Crippen molar-refractivity contribution in [2.75, 3.05) is 19.6 Å². The lowest BCUT2D eigenvalue weighted by molar-refractivity contribution is -0.132. The first-order valence-electron chi connectivity index (χ1n) is 8.95. The van der Waals surface area contributed by atoms with Crippen molar-refractivity contribution < 1.29 is 14.3 Å². The van der Waals surface area contributed by atoms with Gasteiger partial charge in [0.2, 0.25) is 5.91 Å². The fourth-order valence-corrected chi connectivity index (χ4v) is 3.70. The van der Waals surface area contributed by atoms with Crippen LogP contribution in [0.2, 0.25) is 0 Å². The average Bonchev–Trinajstić information content (AvgIpc) is 3.26. The number of carbonyl (C=O) groups excluding carboxylic acids is 2. The predicted octanol–water partition coefficient (Wildman–Crippen LogP) is 0.0385. The van der Waals surface area contributed by atoms with Crippen LogP contribution in [0.1, 0.15) is 23.6 Å². The van der Waals surface area contributed by atoms with Crippen LogP contribution in [-0.2, 0) is 29.1 Å². The van der Waals surface area contributed by atoms with Gasteiger partial charge in [0.25, 0.3) is 0 Å². The highest BCUT2D eigenvalue weighted by atomic mass is 16.5. The molecule has 3 heterocycles.